The summed E-state index contributed by atoms with van der Waals surface area (Å²) >= 11 is 0. The number of aliphatic hydroxyl groups is 2. The summed E-state index contributed by atoms with van der Waals surface area (Å²) in [6.07, 6.45) is 1.53. The molecule has 0 aromatic heterocycles. The van der Waals surface area contributed by atoms with Gasteiger partial charge in [0.2, 0.25) is 0 Å². The molecular formula is C13H29NO3. The van der Waals surface area contributed by atoms with Gasteiger partial charge < -0.3 is 20.3 Å². The lowest BCUT2D eigenvalue weighted by atomic mass is 9.83. The monoisotopic (exact) mass is 247 g/mol. The van der Waals surface area contributed by atoms with E-state index in [1.165, 1.54) is 0 Å². The highest BCUT2D eigenvalue weighted by atomic mass is 16.5. The zero-order valence-corrected chi connectivity index (χ0v) is 11.7. The Hall–Kier alpha value is -0.160. The fraction of sp³-hybridized carbons (Fsp3) is 1.00. The molecule has 4 heteroatoms. The van der Waals surface area contributed by atoms with Crippen LogP contribution in [0.3, 0.4) is 0 Å². The van der Waals surface area contributed by atoms with E-state index in [0.717, 1.165) is 19.4 Å². The molecule has 1 unspecified atom stereocenters. The summed E-state index contributed by atoms with van der Waals surface area (Å²) in [5.74, 6) is 0. The summed E-state index contributed by atoms with van der Waals surface area (Å²) in [6.45, 7) is 9.85. The molecule has 17 heavy (non-hydrogen) atoms. The highest BCUT2D eigenvalue weighted by molar-refractivity contribution is 4.78. The van der Waals surface area contributed by atoms with Gasteiger partial charge in [-0.2, -0.15) is 0 Å². The summed E-state index contributed by atoms with van der Waals surface area (Å²) in [4.78, 5) is 0. The van der Waals surface area contributed by atoms with E-state index in [0.29, 0.717) is 13.2 Å². The lowest BCUT2D eigenvalue weighted by Gasteiger charge is -2.30. The van der Waals surface area contributed by atoms with Gasteiger partial charge in [-0.25, -0.2) is 0 Å². The normalized spacial score (nSPS) is 14.3. The van der Waals surface area contributed by atoms with Crippen LogP contribution in [0, 0.1) is 5.41 Å². The molecule has 0 aliphatic carbocycles. The number of ether oxygens (including phenoxy) is 1. The fourth-order valence-electron chi connectivity index (χ4n) is 1.65. The molecule has 0 aliphatic heterocycles. The second-order valence-corrected chi connectivity index (χ2v) is 5.03. The van der Waals surface area contributed by atoms with Crippen LogP contribution in [-0.4, -0.2) is 48.7 Å². The maximum Gasteiger partial charge on any atom is 0.0897 e. The lowest BCUT2D eigenvalue weighted by molar-refractivity contribution is 0.00442. The van der Waals surface area contributed by atoms with E-state index in [2.05, 4.69) is 19.2 Å². The number of hydrogen-bond donors (Lipinski definition) is 3. The molecule has 0 aromatic carbocycles. The van der Waals surface area contributed by atoms with Crippen LogP contribution in [0.15, 0.2) is 0 Å². The van der Waals surface area contributed by atoms with Gasteiger partial charge in [-0.15, -0.1) is 0 Å². The Morgan fingerprint density at radius 3 is 2.24 bits per heavy atom. The maximum atomic E-state index is 9.66. The van der Waals surface area contributed by atoms with Gasteiger partial charge in [0.1, 0.15) is 0 Å². The van der Waals surface area contributed by atoms with Crippen LogP contribution in [0.25, 0.3) is 0 Å². The van der Waals surface area contributed by atoms with Crippen LogP contribution in [-0.2, 0) is 4.74 Å². The number of rotatable bonds is 10. The molecule has 0 aromatic rings. The second kappa shape index (κ2) is 8.86. The molecule has 0 fully saturated rings. The van der Waals surface area contributed by atoms with E-state index in [1.54, 1.807) is 0 Å². The highest BCUT2D eigenvalue weighted by Gasteiger charge is 2.24. The second-order valence-electron chi connectivity index (χ2n) is 5.03. The lowest BCUT2D eigenvalue weighted by Crippen LogP contribution is -2.40. The number of hydrogen-bond acceptors (Lipinski definition) is 4. The van der Waals surface area contributed by atoms with Crippen molar-refractivity contribution in [2.75, 3.05) is 26.3 Å². The molecule has 1 atom stereocenters. The molecule has 0 saturated carbocycles. The van der Waals surface area contributed by atoms with Crippen molar-refractivity contribution in [3.63, 3.8) is 0 Å². The fourth-order valence-corrected chi connectivity index (χ4v) is 1.65. The van der Waals surface area contributed by atoms with Crippen LogP contribution < -0.4 is 5.32 Å². The summed E-state index contributed by atoms with van der Waals surface area (Å²) in [7, 11) is 0. The molecule has 0 amide bonds. The predicted molar refractivity (Wildman–Crippen MR) is 70.1 cm³/mol. The Kier molecular flexibility index (Phi) is 8.78. The molecule has 0 saturated heterocycles. The first-order chi connectivity index (χ1) is 7.99. The summed E-state index contributed by atoms with van der Waals surface area (Å²) < 4.78 is 5.33. The zero-order chi connectivity index (χ0) is 13.3. The Bertz CT molecular complexity index is 173. The Labute approximate surface area is 105 Å². The molecule has 0 aliphatic rings. The van der Waals surface area contributed by atoms with Crippen molar-refractivity contribution in [2.45, 2.75) is 52.7 Å². The SMILES string of the molecule is CCC(CC)(CO)CNCC(O)COC(C)C. The van der Waals surface area contributed by atoms with Crippen molar-refractivity contribution in [3.8, 4) is 0 Å². The Morgan fingerprint density at radius 2 is 1.82 bits per heavy atom. The van der Waals surface area contributed by atoms with Crippen LogP contribution in [0.2, 0.25) is 0 Å². The first-order valence-electron chi connectivity index (χ1n) is 6.61. The zero-order valence-electron chi connectivity index (χ0n) is 11.7. The van der Waals surface area contributed by atoms with Crippen molar-refractivity contribution >= 4 is 0 Å². The third-order valence-electron chi connectivity index (χ3n) is 3.34. The number of aliphatic hydroxyl groups excluding tert-OH is 2. The van der Waals surface area contributed by atoms with Crippen molar-refractivity contribution in [1.29, 1.82) is 0 Å². The molecule has 0 rings (SSSR count). The third kappa shape index (κ3) is 6.99. The van der Waals surface area contributed by atoms with E-state index in [1.807, 2.05) is 13.8 Å². The van der Waals surface area contributed by atoms with Gasteiger partial charge in [0, 0.05) is 25.1 Å². The van der Waals surface area contributed by atoms with Gasteiger partial charge in [0.05, 0.1) is 18.8 Å². The van der Waals surface area contributed by atoms with Gasteiger partial charge in [0.15, 0.2) is 0 Å². The highest BCUT2D eigenvalue weighted by Crippen LogP contribution is 2.24. The molecule has 3 N–H and O–H groups in total. The van der Waals surface area contributed by atoms with Crippen LogP contribution in [0.4, 0.5) is 0 Å². The van der Waals surface area contributed by atoms with E-state index < -0.39 is 6.10 Å². The van der Waals surface area contributed by atoms with Crippen molar-refractivity contribution < 1.29 is 14.9 Å². The minimum absolute atomic E-state index is 0.0569. The van der Waals surface area contributed by atoms with Gasteiger partial charge in [-0.05, 0) is 26.7 Å². The summed E-state index contributed by atoms with van der Waals surface area (Å²) in [6, 6.07) is 0. The van der Waals surface area contributed by atoms with Crippen molar-refractivity contribution in [2.24, 2.45) is 5.41 Å². The summed E-state index contributed by atoms with van der Waals surface area (Å²) in [5.41, 5.74) is -0.0569. The molecule has 0 spiro atoms. The van der Waals surface area contributed by atoms with Gasteiger partial charge in [-0.1, -0.05) is 13.8 Å². The average Bonchev–Trinajstić information content (AvgIpc) is 2.33. The van der Waals surface area contributed by atoms with E-state index in [4.69, 9.17) is 4.74 Å². The van der Waals surface area contributed by atoms with Gasteiger partial charge in [0.25, 0.3) is 0 Å². The quantitative estimate of drug-likeness (QED) is 0.542. The standard InChI is InChI=1S/C13H29NO3/c1-5-13(6-2,10-15)9-14-7-12(16)8-17-11(3)4/h11-12,14-16H,5-10H2,1-4H3. The molecule has 0 heterocycles. The topological polar surface area (TPSA) is 61.7 Å². The van der Waals surface area contributed by atoms with Gasteiger partial charge >= 0.3 is 0 Å². The Morgan fingerprint density at radius 1 is 1.24 bits per heavy atom. The molecule has 104 valence electrons. The predicted octanol–water partition coefficient (Wildman–Crippen LogP) is 1.16. The van der Waals surface area contributed by atoms with Crippen LogP contribution in [0.5, 0.6) is 0 Å². The maximum absolute atomic E-state index is 9.66. The van der Waals surface area contributed by atoms with Gasteiger partial charge in [-0.3, -0.25) is 0 Å². The minimum Gasteiger partial charge on any atom is -0.396 e. The minimum atomic E-state index is -0.484. The first-order valence-corrected chi connectivity index (χ1v) is 6.61. The molecule has 0 bridgehead atoms. The Balaban J connectivity index is 3.80. The largest absolute Gasteiger partial charge is 0.396 e. The smallest absolute Gasteiger partial charge is 0.0897 e. The molecule has 4 nitrogen and oxygen atoms in total. The number of nitrogens with one attached hydrogen (secondary N) is 1. The van der Waals surface area contributed by atoms with Crippen LogP contribution in [0.1, 0.15) is 40.5 Å². The molecular weight excluding hydrogens is 218 g/mol. The van der Waals surface area contributed by atoms with Crippen molar-refractivity contribution in [3.05, 3.63) is 0 Å². The third-order valence-corrected chi connectivity index (χ3v) is 3.34. The van der Waals surface area contributed by atoms with E-state index in [-0.39, 0.29) is 18.1 Å². The molecule has 0 radical (unpaired) electrons. The van der Waals surface area contributed by atoms with E-state index >= 15 is 0 Å². The van der Waals surface area contributed by atoms with E-state index in [9.17, 15) is 10.2 Å². The first kappa shape index (κ1) is 16.8. The van der Waals surface area contributed by atoms with Crippen LogP contribution >= 0.6 is 0 Å². The van der Waals surface area contributed by atoms with Crippen molar-refractivity contribution in [1.82, 2.24) is 5.32 Å². The average molecular weight is 247 g/mol. The summed E-state index contributed by atoms with van der Waals surface area (Å²) in [5, 5.41) is 22.3.